The van der Waals surface area contributed by atoms with Gasteiger partial charge in [0.15, 0.2) is 0 Å². The van der Waals surface area contributed by atoms with E-state index in [1.807, 2.05) is 0 Å². The summed E-state index contributed by atoms with van der Waals surface area (Å²) in [6.45, 7) is 0. The van der Waals surface area contributed by atoms with E-state index >= 15 is 0 Å². The minimum atomic E-state index is -1.18. The number of nitrogens with zero attached hydrogens (tertiary/aromatic N) is 1. The van der Waals surface area contributed by atoms with Crippen LogP contribution in [-0.4, -0.2) is 42.4 Å². The summed E-state index contributed by atoms with van der Waals surface area (Å²) in [7, 11) is 2.82. The van der Waals surface area contributed by atoms with Crippen molar-refractivity contribution in [3.63, 3.8) is 0 Å². The summed E-state index contributed by atoms with van der Waals surface area (Å²) >= 11 is 0. The number of likely N-dealkylation sites (N-methyl/N-ethyl adjacent to an activating group) is 1. The Morgan fingerprint density at radius 3 is 2.50 bits per heavy atom. The van der Waals surface area contributed by atoms with Gasteiger partial charge in [0.25, 0.3) is 5.91 Å². The van der Waals surface area contributed by atoms with Gasteiger partial charge in [0.05, 0.1) is 7.11 Å². The lowest BCUT2D eigenvalue weighted by atomic mass is 10.2. The topological polar surface area (TPSA) is 78.9 Å². The summed E-state index contributed by atoms with van der Waals surface area (Å²) in [4.78, 5) is 26.7. The number of carbonyl (C=O) groups is 2. The lowest BCUT2D eigenvalue weighted by Gasteiger charge is -2.21. The zero-order valence-electron chi connectivity index (χ0n) is 8.19. The monoisotopic (exact) mass is 202 g/mol. The number of hydroxylamine groups is 2. The molecule has 0 aromatic rings. The third-order valence-electron chi connectivity index (χ3n) is 2.22. The van der Waals surface area contributed by atoms with Crippen molar-refractivity contribution in [2.45, 2.75) is 18.9 Å². The SMILES string of the molecule is CON(C)C(=O)[C@H](NC(=O)O)C1CC1. The average Bonchev–Trinajstić information content (AvgIpc) is 2.94. The van der Waals surface area contributed by atoms with E-state index in [2.05, 4.69) is 5.32 Å². The first kappa shape index (κ1) is 10.8. The standard InChI is InChI=1S/C8H14N2O4/c1-10(14-2)7(11)6(5-3-4-5)9-8(12)13/h5-6,9H,3-4H2,1-2H3,(H,12,13)/t6-/m1/s1. The number of nitrogens with one attached hydrogen (secondary N) is 1. The Balaban J connectivity index is 2.57. The molecule has 0 aromatic carbocycles. The maximum absolute atomic E-state index is 11.6. The summed E-state index contributed by atoms with van der Waals surface area (Å²) in [5, 5.41) is 11.8. The molecule has 0 spiro atoms. The zero-order chi connectivity index (χ0) is 10.7. The molecule has 1 atom stereocenters. The van der Waals surface area contributed by atoms with Crippen molar-refractivity contribution in [2.75, 3.05) is 14.2 Å². The van der Waals surface area contributed by atoms with Crippen molar-refractivity contribution in [1.82, 2.24) is 10.4 Å². The molecule has 0 aromatic heterocycles. The van der Waals surface area contributed by atoms with Gasteiger partial charge in [-0.1, -0.05) is 0 Å². The highest BCUT2D eigenvalue weighted by Crippen LogP contribution is 2.33. The fourth-order valence-electron chi connectivity index (χ4n) is 1.23. The molecule has 6 heteroatoms. The molecule has 1 fully saturated rings. The lowest BCUT2D eigenvalue weighted by Crippen LogP contribution is -2.47. The van der Waals surface area contributed by atoms with Crippen LogP contribution >= 0.6 is 0 Å². The van der Waals surface area contributed by atoms with Crippen LogP contribution < -0.4 is 5.32 Å². The van der Waals surface area contributed by atoms with E-state index in [0.717, 1.165) is 17.9 Å². The summed E-state index contributed by atoms with van der Waals surface area (Å²) in [5.41, 5.74) is 0. The van der Waals surface area contributed by atoms with Crippen LogP contribution in [0.15, 0.2) is 0 Å². The highest BCUT2D eigenvalue weighted by Gasteiger charge is 2.38. The first-order valence-corrected chi connectivity index (χ1v) is 4.37. The van der Waals surface area contributed by atoms with Gasteiger partial charge in [-0.3, -0.25) is 9.63 Å². The van der Waals surface area contributed by atoms with Gasteiger partial charge in [0, 0.05) is 7.05 Å². The highest BCUT2D eigenvalue weighted by molar-refractivity contribution is 5.85. The Morgan fingerprint density at radius 2 is 2.14 bits per heavy atom. The molecule has 0 heterocycles. The number of carboxylic acid groups (broad SMARTS) is 1. The minimum Gasteiger partial charge on any atom is -0.465 e. The Bertz CT molecular complexity index is 239. The van der Waals surface area contributed by atoms with Crippen LogP contribution in [0.25, 0.3) is 0 Å². The van der Waals surface area contributed by atoms with E-state index in [1.165, 1.54) is 14.2 Å². The van der Waals surface area contributed by atoms with E-state index in [1.54, 1.807) is 0 Å². The summed E-state index contributed by atoms with van der Waals surface area (Å²) < 4.78 is 0. The van der Waals surface area contributed by atoms with Crippen LogP contribution in [0.2, 0.25) is 0 Å². The van der Waals surface area contributed by atoms with Crippen LogP contribution in [0.4, 0.5) is 4.79 Å². The van der Waals surface area contributed by atoms with Crippen molar-refractivity contribution in [1.29, 1.82) is 0 Å². The minimum absolute atomic E-state index is 0.121. The van der Waals surface area contributed by atoms with Crippen LogP contribution in [0.3, 0.4) is 0 Å². The van der Waals surface area contributed by atoms with Crippen molar-refractivity contribution in [3.05, 3.63) is 0 Å². The van der Waals surface area contributed by atoms with Crippen LogP contribution in [0.1, 0.15) is 12.8 Å². The molecule has 0 radical (unpaired) electrons. The lowest BCUT2D eigenvalue weighted by molar-refractivity contribution is -0.171. The maximum Gasteiger partial charge on any atom is 0.405 e. The molecular weight excluding hydrogens is 188 g/mol. The molecule has 14 heavy (non-hydrogen) atoms. The van der Waals surface area contributed by atoms with Gasteiger partial charge in [0.1, 0.15) is 6.04 Å². The second-order valence-corrected chi connectivity index (χ2v) is 3.28. The molecule has 0 bridgehead atoms. The molecule has 2 amide bonds. The van der Waals surface area contributed by atoms with Gasteiger partial charge in [-0.2, -0.15) is 0 Å². The number of carbonyl (C=O) groups excluding carboxylic acids is 1. The largest absolute Gasteiger partial charge is 0.465 e. The zero-order valence-corrected chi connectivity index (χ0v) is 8.19. The molecular formula is C8H14N2O4. The predicted octanol–water partition coefficient (Wildman–Crippen LogP) is 0.0524. The molecule has 1 saturated carbocycles. The van der Waals surface area contributed by atoms with Crippen LogP contribution in [-0.2, 0) is 9.63 Å². The van der Waals surface area contributed by atoms with Gasteiger partial charge in [-0.15, -0.1) is 0 Å². The molecule has 80 valence electrons. The molecule has 0 unspecified atom stereocenters. The van der Waals surface area contributed by atoms with Crippen molar-refractivity contribution >= 4 is 12.0 Å². The molecule has 2 N–H and O–H groups in total. The number of hydrogen-bond acceptors (Lipinski definition) is 3. The first-order valence-electron chi connectivity index (χ1n) is 4.37. The average molecular weight is 202 g/mol. The second-order valence-electron chi connectivity index (χ2n) is 3.28. The third-order valence-corrected chi connectivity index (χ3v) is 2.22. The molecule has 1 aliphatic carbocycles. The normalized spacial score (nSPS) is 17.3. The van der Waals surface area contributed by atoms with Gasteiger partial charge >= 0.3 is 6.09 Å². The van der Waals surface area contributed by atoms with Crippen LogP contribution in [0, 0.1) is 5.92 Å². The quantitative estimate of drug-likeness (QED) is 0.631. The summed E-state index contributed by atoms with van der Waals surface area (Å²) in [6, 6.07) is -0.669. The van der Waals surface area contributed by atoms with Crippen molar-refractivity contribution in [2.24, 2.45) is 5.92 Å². The van der Waals surface area contributed by atoms with E-state index in [9.17, 15) is 9.59 Å². The Hall–Kier alpha value is -1.30. The molecule has 1 aliphatic rings. The molecule has 6 nitrogen and oxygen atoms in total. The van der Waals surface area contributed by atoms with Gasteiger partial charge in [-0.05, 0) is 18.8 Å². The maximum atomic E-state index is 11.6. The Kier molecular flexibility index (Phi) is 3.29. The smallest absolute Gasteiger partial charge is 0.405 e. The Morgan fingerprint density at radius 1 is 1.57 bits per heavy atom. The molecule has 1 rings (SSSR count). The summed E-state index contributed by atoms with van der Waals surface area (Å²) in [6.07, 6.45) is 0.586. The van der Waals surface area contributed by atoms with Gasteiger partial charge < -0.3 is 10.4 Å². The fraction of sp³-hybridized carbons (Fsp3) is 0.750. The highest BCUT2D eigenvalue weighted by atomic mass is 16.7. The number of amides is 2. The van der Waals surface area contributed by atoms with Gasteiger partial charge in [-0.25, -0.2) is 9.86 Å². The van der Waals surface area contributed by atoms with E-state index in [4.69, 9.17) is 9.94 Å². The van der Waals surface area contributed by atoms with Crippen molar-refractivity contribution < 1.29 is 19.5 Å². The van der Waals surface area contributed by atoms with E-state index in [-0.39, 0.29) is 11.8 Å². The second kappa shape index (κ2) is 4.28. The molecule has 0 aliphatic heterocycles. The Labute approximate surface area is 81.8 Å². The third kappa shape index (κ3) is 2.59. The molecule has 0 saturated heterocycles. The van der Waals surface area contributed by atoms with Gasteiger partial charge in [0.2, 0.25) is 0 Å². The number of rotatable bonds is 4. The fourth-order valence-corrected chi connectivity index (χ4v) is 1.23. The van der Waals surface area contributed by atoms with E-state index in [0.29, 0.717) is 0 Å². The first-order chi connectivity index (χ1) is 6.56. The van der Waals surface area contributed by atoms with E-state index < -0.39 is 12.1 Å². The van der Waals surface area contributed by atoms with Crippen LogP contribution in [0.5, 0.6) is 0 Å². The summed E-state index contributed by atoms with van der Waals surface area (Å²) in [5.74, 6) is -0.228. The van der Waals surface area contributed by atoms with Crippen molar-refractivity contribution in [3.8, 4) is 0 Å². The number of hydrogen-bond donors (Lipinski definition) is 2. The predicted molar refractivity (Wildman–Crippen MR) is 47.5 cm³/mol.